The summed E-state index contributed by atoms with van der Waals surface area (Å²) in [4.78, 5) is 4.74. The zero-order valence-electron chi connectivity index (χ0n) is 27.0. The Kier molecular flexibility index (Phi) is 13.0. The van der Waals surface area contributed by atoms with Crippen LogP contribution in [0, 0.1) is 34.0 Å². The first-order valence-corrected chi connectivity index (χ1v) is 16.3. The molecule has 1 aliphatic rings. The Morgan fingerprint density at radius 3 is 2.00 bits per heavy atom. The fourth-order valence-corrected chi connectivity index (χ4v) is 6.55. The number of unbranched alkanes of at least 4 members (excludes halogenated alkanes) is 2. The summed E-state index contributed by atoms with van der Waals surface area (Å²) in [5, 5.41) is 28.8. The van der Waals surface area contributed by atoms with Crippen molar-refractivity contribution in [2.24, 2.45) is 0 Å². The molecule has 0 aliphatic carbocycles. The molecule has 0 saturated carbocycles. The Hall–Kier alpha value is -4.09. The number of hydrogen-bond acceptors (Lipinski definition) is 7. The summed E-state index contributed by atoms with van der Waals surface area (Å²) >= 11 is 1.78. The van der Waals surface area contributed by atoms with Crippen molar-refractivity contribution in [2.75, 3.05) is 31.7 Å². The Morgan fingerprint density at radius 2 is 1.50 bits per heavy atom. The molecular weight excluding hydrogens is 565 g/mol. The van der Waals surface area contributed by atoms with Crippen molar-refractivity contribution in [3.05, 3.63) is 79.3 Å². The summed E-state index contributed by atoms with van der Waals surface area (Å²) < 4.78 is 11.2. The van der Waals surface area contributed by atoms with Crippen LogP contribution in [0.15, 0.2) is 52.8 Å². The Balaban J connectivity index is 2.05. The van der Waals surface area contributed by atoms with Gasteiger partial charge >= 0.3 is 0 Å². The molecule has 0 radical (unpaired) electrons. The average Bonchev–Trinajstić information content (AvgIpc) is 3.49. The Bertz CT molecular complexity index is 1520. The van der Waals surface area contributed by atoms with E-state index in [1.165, 1.54) is 26.6 Å². The zero-order chi connectivity index (χ0) is 32.1. The van der Waals surface area contributed by atoms with Crippen LogP contribution in [0.3, 0.4) is 0 Å². The minimum atomic E-state index is -0.840. The molecule has 6 nitrogen and oxygen atoms in total. The molecule has 0 unspecified atom stereocenters. The lowest BCUT2D eigenvalue weighted by Gasteiger charge is -2.22. The summed E-state index contributed by atoms with van der Waals surface area (Å²) in [6.45, 7) is 12.8. The van der Waals surface area contributed by atoms with Gasteiger partial charge in [-0.25, -0.2) is 0 Å². The quantitative estimate of drug-likeness (QED) is 0.187. The summed E-state index contributed by atoms with van der Waals surface area (Å²) in [6, 6.07) is 14.6. The van der Waals surface area contributed by atoms with E-state index in [4.69, 9.17) is 9.47 Å². The first-order chi connectivity index (χ1) is 21.3. The maximum absolute atomic E-state index is 9.98. The number of thiophene rings is 1. The highest BCUT2D eigenvalue weighted by Crippen LogP contribution is 2.41. The van der Waals surface area contributed by atoms with Crippen LogP contribution in [0.25, 0.3) is 18.2 Å². The van der Waals surface area contributed by atoms with Gasteiger partial charge < -0.3 is 14.4 Å². The lowest BCUT2D eigenvalue weighted by molar-refractivity contribution is 0.0954. The predicted molar refractivity (Wildman–Crippen MR) is 182 cm³/mol. The van der Waals surface area contributed by atoms with Gasteiger partial charge in [-0.15, -0.1) is 11.3 Å². The number of likely N-dealkylation sites (N-methyl/N-ethyl adjacent to an activating group) is 1. The zero-order valence-corrected chi connectivity index (χ0v) is 27.8. The molecule has 3 rings (SSSR count). The van der Waals surface area contributed by atoms with Gasteiger partial charge in [0.15, 0.2) is 11.3 Å². The maximum Gasteiger partial charge on any atom is 0.172 e. The van der Waals surface area contributed by atoms with Crippen molar-refractivity contribution in [3.63, 3.8) is 0 Å². The summed E-state index contributed by atoms with van der Waals surface area (Å²) in [6.07, 6.45) is 14.9. The van der Waals surface area contributed by atoms with Gasteiger partial charge in [0.05, 0.1) is 6.61 Å². The van der Waals surface area contributed by atoms with Crippen LogP contribution in [0.4, 0.5) is 5.69 Å². The van der Waals surface area contributed by atoms with Crippen molar-refractivity contribution in [1.29, 1.82) is 15.8 Å². The lowest BCUT2D eigenvalue weighted by atomic mass is 9.93. The number of methoxy groups -OCH3 is 1. The highest BCUT2D eigenvalue weighted by atomic mass is 32.1. The SMILES string of the molecule is CCCCc1c(/C=C/C2=C(C#N)C(=C(C#N)C#N)OC2(C)C)sc(/C=C/c2ccc(N(CC)CCOC)cc2)c1CCCC. The number of hydrogen-bond donors (Lipinski definition) is 0. The van der Waals surface area contributed by atoms with Gasteiger partial charge in [-0.1, -0.05) is 51.0 Å². The highest BCUT2D eigenvalue weighted by molar-refractivity contribution is 7.14. The number of ether oxygens (including phenoxy) is 2. The van der Waals surface area contributed by atoms with E-state index in [1.54, 1.807) is 18.4 Å². The molecule has 2 aromatic rings. The number of nitriles is 3. The van der Waals surface area contributed by atoms with E-state index in [9.17, 15) is 15.8 Å². The largest absolute Gasteiger partial charge is 0.480 e. The van der Waals surface area contributed by atoms with Crippen LogP contribution in [-0.4, -0.2) is 32.4 Å². The van der Waals surface area contributed by atoms with Gasteiger partial charge in [-0.05, 0) is 87.4 Å². The van der Waals surface area contributed by atoms with Crippen LogP contribution in [-0.2, 0) is 22.3 Å². The van der Waals surface area contributed by atoms with Gasteiger partial charge in [-0.2, -0.15) is 15.8 Å². The number of allylic oxidation sites excluding steroid dienone is 2. The molecule has 0 amide bonds. The van der Waals surface area contributed by atoms with Crippen LogP contribution in [0.1, 0.15) is 86.7 Å². The van der Waals surface area contributed by atoms with E-state index < -0.39 is 5.60 Å². The second kappa shape index (κ2) is 16.7. The molecule has 230 valence electrons. The molecule has 1 aliphatic heterocycles. The second-order valence-electron chi connectivity index (χ2n) is 11.3. The molecule has 2 heterocycles. The number of benzene rings is 1. The van der Waals surface area contributed by atoms with Gasteiger partial charge in [0.2, 0.25) is 0 Å². The molecule has 1 aromatic heterocycles. The van der Waals surface area contributed by atoms with Crippen molar-refractivity contribution in [1.82, 2.24) is 0 Å². The average molecular weight is 609 g/mol. The van der Waals surface area contributed by atoms with Gasteiger partial charge in [0.1, 0.15) is 29.4 Å². The van der Waals surface area contributed by atoms with E-state index >= 15 is 0 Å². The minimum Gasteiger partial charge on any atom is -0.480 e. The monoisotopic (exact) mass is 608 g/mol. The van der Waals surface area contributed by atoms with Crippen LogP contribution in [0.5, 0.6) is 0 Å². The van der Waals surface area contributed by atoms with Crippen LogP contribution in [0.2, 0.25) is 0 Å². The molecule has 44 heavy (non-hydrogen) atoms. The fraction of sp³-hybridized carbons (Fsp3) is 0.432. The van der Waals surface area contributed by atoms with Gasteiger partial charge in [0, 0.05) is 41.2 Å². The summed E-state index contributed by atoms with van der Waals surface area (Å²) in [7, 11) is 1.73. The Labute approximate surface area is 267 Å². The van der Waals surface area contributed by atoms with Gasteiger partial charge in [-0.3, -0.25) is 0 Å². The molecular formula is C37H44N4O2S. The molecule has 0 bridgehead atoms. The topological polar surface area (TPSA) is 93.1 Å². The van der Waals surface area contributed by atoms with Crippen molar-refractivity contribution in [3.8, 4) is 18.2 Å². The minimum absolute atomic E-state index is 0.0681. The molecule has 0 saturated heterocycles. The maximum atomic E-state index is 9.98. The predicted octanol–water partition coefficient (Wildman–Crippen LogP) is 9.02. The van der Waals surface area contributed by atoms with Crippen LogP contribution >= 0.6 is 11.3 Å². The van der Waals surface area contributed by atoms with E-state index in [0.717, 1.165) is 57.2 Å². The Morgan fingerprint density at radius 1 is 0.909 bits per heavy atom. The van der Waals surface area contributed by atoms with E-state index in [-0.39, 0.29) is 16.9 Å². The molecule has 0 fully saturated rings. The second-order valence-corrected chi connectivity index (χ2v) is 12.3. The molecule has 7 heteroatoms. The van der Waals surface area contributed by atoms with Crippen LogP contribution < -0.4 is 4.90 Å². The first-order valence-electron chi connectivity index (χ1n) is 15.5. The standard InChI is InChI=1S/C37H44N4O2S/c1-7-10-12-30-31(13-11-8-2)35(21-19-33-32(26-40)36(28(24-38)25-39)43-37(33,4)5)44-34(30)20-16-27-14-17-29(18-15-27)41(9-3)22-23-42-6/h14-21H,7-13,22-23H2,1-6H3/b20-16+,21-19+. The van der Waals surface area contributed by atoms with Gasteiger partial charge in [0.25, 0.3) is 0 Å². The van der Waals surface area contributed by atoms with E-state index in [1.807, 2.05) is 32.1 Å². The van der Waals surface area contributed by atoms with E-state index in [0.29, 0.717) is 12.2 Å². The summed E-state index contributed by atoms with van der Waals surface area (Å²) in [5.74, 6) is 0.0681. The number of anilines is 1. The number of nitrogens with zero attached hydrogens (tertiary/aromatic N) is 4. The third-order valence-corrected chi connectivity index (χ3v) is 9.04. The first kappa shape index (κ1) is 34.4. The third-order valence-electron chi connectivity index (χ3n) is 7.84. The fourth-order valence-electron chi connectivity index (χ4n) is 5.34. The highest BCUT2D eigenvalue weighted by Gasteiger charge is 2.38. The molecule has 0 atom stereocenters. The third kappa shape index (κ3) is 8.29. The van der Waals surface area contributed by atoms with Crippen molar-refractivity contribution >= 4 is 35.3 Å². The van der Waals surface area contributed by atoms with Crippen molar-refractivity contribution < 1.29 is 9.47 Å². The number of rotatable bonds is 15. The van der Waals surface area contributed by atoms with E-state index in [2.05, 4.69) is 74.2 Å². The molecule has 1 aromatic carbocycles. The van der Waals surface area contributed by atoms with Crippen molar-refractivity contribution in [2.45, 2.75) is 78.7 Å². The molecule has 0 spiro atoms. The molecule has 0 N–H and O–H groups in total. The lowest BCUT2D eigenvalue weighted by Crippen LogP contribution is -2.26. The summed E-state index contributed by atoms with van der Waals surface area (Å²) in [5.41, 5.74) is 5.01. The normalized spacial score (nSPS) is 14.1. The smallest absolute Gasteiger partial charge is 0.172 e.